The van der Waals surface area contributed by atoms with E-state index >= 15 is 0 Å². The molecule has 0 spiro atoms. The lowest BCUT2D eigenvalue weighted by atomic mass is 10.1. The van der Waals surface area contributed by atoms with E-state index in [0.717, 1.165) is 12.1 Å². The van der Waals surface area contributed by atoms with Crippen LogP contribution in [0.3, 0.4) is 0 Å². The molecule has 0 unspecified atom stereocenters. The van der Waals surface area contributed by atoms with Crippen LogP contribution < -0.4 is 10.5 Å². The van der Waals surface area contributed by atoms with Crippen molar-refractivity contribution in [2.24, 2.45) is 5.73 Å². The lowest BCUT2D eigenvalue weighted by Crippen LogP contribution is -2.27. The molecule has 0 aliphatic rings. The molecular formula is C12H16F2N2O2. The van der Waals surface area contributed by atoms with Crippen LogP contribution in [0.2, 0.25) is 0 Å². The van der Waals surface area contributed by atoms with Gasteiger partial charge in [-0.15, -0.1) is 0 Å². The largest absolute Gasteiger partial charge is 0.478 e. The van der Waals surface area contributed by atoms with Crippen molar-refractivity contribution in [3.05, 3.63) is 29.3 Å². The molecule has 1 aromatic rings. The lowest BCUT2D eigenvalue weighted by Gasteiger charge is -2.13. The normalized spacial score (nSPS) is 10.3. The van der Waals surface area contributed by atoms with Gasteiger partial charge in [-0.2, -0.15) is 0 Å². The number of nitrogens with two attached hydrogens (primary N) is 1. The molecule has 0 aliphatic heterocycles. The molecule has 2 N–H and O–H groups in total. The Bertz CT molecular complexity index is 413. The molecule has 0 bridgehead atoms. The third-order valence-electron chi connectivity index (χ3n) is 2.33. The smallest absolute Gasteiger partial charge is 0.259 e. The second kappa shape index (κ2) is 6.30. The molecule has 0 saturated heterocycles. The maximum absolute atomic E-state index is 13.6. The van der Waals surface area contributed by atoms with E-state index in [4.69, 9.17) is 10.5 Å². The van der Waals surface area contributed by atoms with E-state index in [-0.39, 0.29) is 5.91 Å². The summed E-state index contributed by atoms with van der Waals surface area (Å²) in [5, 5.41) is 0. The van der Waals surface area contributed by atoms with Crippen LogP contribution in [0, 0.1) is 11.6 Å². The lowest BCUT2D eigenvalue weighted by molar-refractivity contribution is -0.130. The van der Waals surface area contributed by atoms with Crippen molar-refractivity contribution >= 4 is 5.91 Å². The number of carbonyl (C=O) groups excluding carboxylic acids is 1. The Morgan fingerprint density at radius 2 is 1.89 bits per heavy atom. The predicted molar refractivity (Wildman–Crippen MR) is 63.3 cm³/mol. The molecule has 0 heterocycles. The molecule has 18 heavy (non-hydrogen) atoms. The number of likely N-dealkylation sites (N-methyl/N-ethyl adjacent to an activating group) is 1. The molecule has 6 heteroatoms. The van der Waals surface area contributed by atoms with Crippen molar-refractivity contribution in [3.63, 3.8) is 0 Å². The summed E-state index contributed by atoms with van der Waals surface area (Å²) < 4.78 is 32.0. The van der Waals surface area contributed by atoms with E-state index in [9.17, 15) is 13.6 Å². The second-order valence-electron chi connectivity index (χ2n) is 4.00. The zero-order valence-electron chi connectivity index (χ0n) is 10.4. The Morgan fingerprint density at radius 3 is 2.33 bits per heavy atom. The van der Waals surface area contributed by atoms with Crippen molar-refractivity contribution in [2.45, 2.75) is 6.42 Å². The van der Waals surface area contributed by atoms with Crippen LogP contribution in [0.25, 0.3) is 0 Å². The van der Waals surface area contributed by atoms with E-state index in [2.05, 4.69) is 0 Å². The molecular weight excluding hydrogens is 242 g/mol. The van der Waals surface area contributed by atoms with Crippen molar-refractivity contribution in [1.29, 1.82) is 0 Å². The van der Waals surface area contributed by atoms with Gasteiger partial charge in [0.25, 0.3) is 5.91 Å². The van der Waals surface area contributed by atoms with Crippen molar-refractivity contribution in [1.82, 2.24) is 4.90 Å². The summed E-state index contributed by atoms with van der Waals surface area (Å²) in [5.74, 6) is -2.57. The molecule has 0 aromatic heterocycles. The van der Waals surface area contributed by atoms with E-state index in [0.29, 0.717) is 18.5 Å². The number of nitrogens with zero attached hydrogens (tertiary/aromatic N) is 1. The molecule has 0 fully saturated rings. The Morgan fingerprint density at radius 1 is 1.33 bits per heavy atom. The number of hydrogen-bond acceptors (Lipinski definition) is 3. The number of ether oxygens (including phenoxy) is 1. The van der Waals surface area contributed by atoms with E-state index in [1.165, 1.54) is 19.0 Å². The topological polar surface area (TPSA) is 55.6 Å². The maximum atomic E-state index is 13.6. The molecule has 100 valence electrons. The highest BCUT2D eigenvalue weighted by Crippen LogP contribution is 2.23. The standard InChI is InChI=1S/C12H16F2N2O2/c1-16(2)11(17)7-18-12-9(13)5-8(3-4-15)6-10(12)14/h5-6H,3-4,7,15H2,1-2H3. The maximum Gasteiger partial charge on any atom is 0.259 e. The molecule has 1 rings (SSSR count). The van der Waals surface area contributed by atoms with Crippen LogP contribution in [-0.4, -0.2) is 38.1 Å². The first-order valence-corrected chi connectivity index (χ1v) is 5.46. The van der Waals surface area contributed by atoms with Gasteiger partial charge in [-0.05, 0) is 30.7 Å². The fraction of sp³-hybridized carbons (Fsp3) is 0.417. The van der Waals surface area contributed by atoms with Crippen LogP contribution in [-0.2, 0) is 11.2 Å². The molecule has 0 atom stereocenters. The molecule has 0 saturated carbocycles. The Kier molecular flexibility index (Phi) is 5.03. The first-order valence-electron chi connectivity index (χ1n) is 5.46. The molecule has 0 radical (unpaired) electrons. The summed E-state index contributed by atoms with van der Waals surface area (Å²) in [6.45, 7) is -0.102. The van der Waals surface area contributed by atoms with Crippen LogP contribution >= 0.6 is 0 Å². The number of rotatable bonds is 5. The summed E-state index contributed by atoms with van der Waals surface area (Å²) in [5.41, 5.74) is 5.76. The van der Waals surface area contributed by atoms with Gasteiger partial charge in [0.2, 0.25) is 0 Å². The Balaban J connectivity index is 2.80. The Hall–Kier alpha value is -1.69. The van der Waals surface area contributed by atoms with Gasteiger partial charge in [-0.1, -0.05) is 0 Å². The number of halogens is 2. The first kappa shape index (κ1) is 14.4. The Labute approximate surface area is 104 Å². The van der Waals surface area contributed by atoms with Crippen molar-refractivity contribution < 1.29 is 18.3 Å². The van der Waals surface area contributed by atoms with E-state index < -0.39 is 24.0 Å². The minimum Gasteiger partial charge on any atom is -0.478 e. The zero-order chi connectivity index (χ0) is 13.7. The van der Waals surface area contributed by atoms with Crippen LogP contribution in [0.1, 0.15) is 5.56 Å². The molecule has 4 nitrogen and oxygen atoms in total. The van der Waals surface area contributed by atoms with Crippen molar-refractivity contribution in [3.8, 4) is 5.75 Å². The monoisotopic (exact) mass is 258 g/mol. The summed E-state index contributed by atoms with van der Waals surface area (Å²) >= 11 is 0. The average molecular weight is 258 g/mol. The fourth-order valence-corrected chi connectivity index (χ4v) is 1.32. The summed E-state index contributed by atoms with van der Waals surface area (Å²) in [6.07, 6.45) is 0.380. The minimum absolute atomic E-state index is 0.304. The van der Waals surface area contributed by atoms with Gasteiger partial charge in [-0.3, -0.25) is 4.79 Å². The first-order chi connectivity index (χ1) is 8.45. The van der Waals surface area contributed by atoms with Gasteiger partial charge in [-0.25, -0.2) is 8.78 Å². The molecule has 1 amide bonds. The average Bonchev–Trinajstić information content (AvgIpc) is 2.27. The molecule has 1 aromatic carbocycles. The quantitative estimate of drug-likeness (QED) is 0.855. The highest BCUT2D eigenvalue weighted by Gasteiger charge is 2.14. The van der Waals surface area contributed by atoms with Crippen LogP contribution in [0.15, 0.2) is 12.1 Å². The van der Waals surface area contributed by atoms with Gasteiger partial charge in [0.15, 0.2) is 24.0 Å². The molecule has 0 aliphatic carbocycles. The highest BCUT2D eigenvalue weighted by atomic mass is 19.1. The van der Waals surface area contributed by atoms with Gasteiger partial charge in [0.1, 0.15) is 0 Å². The van der Waals surface area contributed by atoms with Crippen LogP contribution in [0.4, 0.5) is 8.78 Å². The fourth-order valence-electron chi connectivity index (χ4n) is 1.32. The summed E-state index contributed by atoms with van der Waals surface area (Å²) in [7, 11) is 3.06. The summed E-state index contributed by atoms with van der Waals surface area (Å²) in [6, 6.07) is 2.32. The van der Waals surface area contributed by atoms with Gasteiger partial charge in [0.05, 0.1) is 0 Å². The van der Waals surface area contributed by atoms with Gasteiger partial charge >= 0.3 is 0 Å². The number of amides is 1. The minimum atomic E-state index is -0.829. The van der Waals surface area contributed by atoms with E-state index in [1.807, 2.05) is 0 Å². The SMILES string of the molecule is CN(C)C(=O)COc1c(F)cc(CCN)cc1F. The second-order valence-corrected chi connectivity index (χ2v) is 4.00. The third kappa shape index (κ3) is 3.66. The van der Waals surface area contributed by atoms with Crippen LogP contribution in [0.5, 0.6) is 5.75 Å². The number of carbonyl (C=O) groups is 1. The van der Waals surface area contributed by atoms with Crippen molar-refractivity contribution in [2.75, 3.05) is 27.2 Å². The van der Waals surface area contributed by atoms with Gasteiger partial charge < -0.3 is 15.4 Å². The highest BCUT2D eigenvalue weighted by molar-refractivity contribution is 5.77. The predicted octanol–water partition coefficient (Wildman–Crippen LogP) is 0.933. The zero-order valence-corrected chi connectivity index (χ0v) is 10.4. The summed E-state index contributed by atoms with van der Waals surface area (Å²) in [4.78, 5) is 12.5. The van der Waals surface area contributed by atoms with Gasteiger partial charge in [0, 0.05) is 14.1 Å². The third-order valence-corrected chi connectivity index (χ3v) is 2.33. The number of benzene rings is 1. The van der Waals surface area contributed by atoms with E-state index in [1.54, 1.807) is 0 Å². The number of hydrogen-bond donors (Lipinski definition) is 1.